The number of benzene rings is 1. The Labute approximate surface area is 113 Å². The van der Waals surface area contributed by atoms with Crippen LogP contribution in [0.4, 0.5) is 0 Å². The van der Waals surface area contributed by atoms with Crippen molar-refractivity contribution >= 4 is 5.70 Å². The summed E-state index contributed by atoms with van der Waals surface area (Å²) in [5.41, 5.74) is 13.9. The van der Waals surface area contributed by atoms with Gasteiger partial charge in [0.15, 0.2) is 5.88 Å². The lowest BCUT2D eigenvalue weighted by atomic mass is 10.1. The van der Waals surface area contributed by atoms with Gasteiger partial charge in [0.2, 0.25) is 0 Å². The normalized spacial score (nSPS) is 18.1. The fraction of sp³-hybridized carbons (Fsp3) is 0.286. The molecule has 1 aromatic carbocycles. The Hall–Kier alpha value is -2.14. The first-order chi connectivity index (χ1) is 9.18. The van der Waals surface area contributed by atoms with Gasteiger partial charge in [-0.3, -0.25) is 0 Å². The number of nitrogens with one attached hydrogen (secondary N) is 1. The number of nitrogens with zero attached hydrogens (tertiary/aromatic N) is 1. The van der Waals surface area contributed by atoms with Crippen LogP contribution in [0.2, 0.25) is 0 Å². The van der Waals surface area contributed by atoms with Crippen LogP contribution in [-0.2, 0) is 0 Å². The summed E-state index contributed by atoms with van der Waals surface area (Å²) in [6, 6.07) is 9.70. The molecule has 0 aliphatic carbocycles. The quantitative estimate of drug-likeness (QED) is 0.471. The van der Waals surface area contributed by atoms with Gasteiger partial charge in [-0.15, -0.1) is 0 Å². The maximum absolute atomic E-state index is 9.36. The van der Waals surface area contributed by atoms with Crippen LogP contribution in [0.25, 0.3) is 5.70 Å². The molecule has 0 atom stereocenters. The monoisotopic (exact) mass is 260 g/mol. The number of nitrogens with two attached hydrogens (primary N) is 2. The summed E-state index contributed by atoms with van der Waals surface area (Å²) in [4.78, 5) is 2.13. The predicted molar refractivity (Wildman–Crippen MR) is 76.9 cm³/mol. The zero-order valence-electron chi connectivity index (χ0n) is 10.8. The Balaban J connectivity index is 2.38. The first-order valence-electron chi connectivity index (χ1n) is 6.35. The van der Waals surface area contributed by atoms with Crippen LogP contribution in [-0.4, -0.2) is 36.2 Å². The minimum absolute atomic E-state index is 0.229. The highest BCUT2D eigenvalue weighted by Gasteiger charge is 2.15. The molecule has 0 saturated carbocycles. The molecule has 0 unspecified atom stereocenters. The Morgan fingerprint density at radius 1 is 1.16 bits per heavy atom. The predicted octanol–water partition coefficient (Wildman–Crippen LogP) is 0.577. The summed E-state index contributed by atoms with van der Waals surface area (Å²) in [6.07, 6.45) is 1.52. The molecule has 102 valence electrons. The molecule has 1 saturated heterocycles. The molecule has 1 aliphatic heterocycles. The first-order valence-corrected chi connectivity index (χ1v) is 6.35. The van der Waals surface area contributed by atoms with Gasteiger partial charge in [-0.1, -0.05) is 30.3 Å². The van der Waals surface area contributed by atoms with E-state index in [2.05, 4.69) is 10.2 Å². The van der Waals surface area contributed by atoms with Gasteiger partial charge < -0.3 is 26.8 Å². The zero-order chi connectivity index (χ0) is 13.7. The van der Waals surface area contributed by atoms with Crippen molar-refractivity contribution in [2.24, 2.45) is 11.5 Å². The van der Waals surface area contributed by atoms with Gasteiger partial charge in [-0.05, 0) is 5.56 Å². The van der Waals surface area contributed by atoms with E-state index in [0.29, 0.717) is 5.70 Å². The van der Waals surface area contributed by atoms with Crippen LogP contribution in [0.15, 0.2) is 48.0 Å². The number of allylic oxidation sites excluding steroid dienone is 1. The van der Waals surface area contributed by atoms with Crippen LogP contribution in [0.1, 0.15) is 5.56 Å². The van der Waals surface area contributed by atoms with Crippen molar-refractivity contribution in [3.8, 4) is 0 Å². The standard InChI is InChI=1S/C14H20N4O/c15-13(19)10-12(18-8-6-17-7-9-18)14(16)11-4-2-1-3-5-11/h1-5,10,17,19H,6-9,15-16H2/b13-10+,14-12+. The smallest absolute Gasteiger partial charge is 0.183 e. The minimum Gasteiger partial charge on any atom is -0.495 e. The molecular formula is C14H20N4O. The molecule has 6 N–H and O–H groups in total. The lowest BCUT2D eigenvalue weighted by molar-refractivity contribution is 0.305. The van der Waals surface area contributed by atoms with E-state index in [0.717, 1.165) is 37.4 Å². The number of rotatable bonds is 3. The highest BCUT2D eigenvalue weighted by Crippen LogP contribution is 2.18. The Bertz CT molecular complexity index is 471. The van der Waals surface area contributed by atoms with Crippen LogP contribution in [0.3, 0.4) is 0 Å². The summed E-state index contributed by atoms with van der Waals surface area (Å²) in [5, 5.41) is 12.6. The van der Waals surface area contributed by atoms with Crippen molar-refractivity contribution in [3.05, 3.63) is 53.6 Å². The van der Waals surface area contributed by atoms with Crippen LogP contribution in [0, 0.1) is 0 Å². The van der Waals surface area contributed by atoms with Crippen molar-refractivity contribution in [1.82, 2.24) is 10.2 Å². The molecule has 1 heterocycles. The van der Waals surface area contributed by atoms with Crippen LogP contribution in [0.5, 0.6) is 0 Å². The third kappa shape index (κ3) is 3.42. The lowest BCUT2D eigenvalue weighted by Crippen LogP contribution is -2.43. The number of hydrogen-bond acceptors (Lipinski definition) is 5. The van der Waals surface area contributed by atoms with Crippen molar-refractivity contribution in [3.63, 3.8) is 0 Å². The largest absolute Gasteiger partial charge is 0.495 e. The molecule has 1 aromatic rings. The molecular weight excluding hydrogens is 240 g/mol. The van der Waals surface area contributed by atoms with E-state index in [-0.39, 0.29) is 5.88 Å². The molecule has 0 spiro atoms. The number of aliphatic hydroxyl groups excluding tert-OH is 1. The van der Waals surface area contributed by atoms with Gasteiger partial charge in [0, 0.05) is 32.3 Å². The van der Waals surface area contributed by atoms with Gasteiger partial charge in [0.05, 0.1) is 11.4 Å². The maximum atomic E-state index is 9.36. The molecule has 5 heteroatoms. The van der Waals surface area contributed by atoms with Crippen LogP contribution < -0.4 is 16.8 Å². The second-order valence-corrected chi connectivity index (χ2v) is 4.47. The Morgan fingerprint density at radius 2 is 1.79 bits per heavy atom. The first kappa shape index (κ1) is 13.3. The van der Waals surface area contributed by atoms with Gasteiger partial charge in [-0.25, -0.2) is 0 Å². The Kier molecular flexibility index (Phi) is 4.30. The summed E-state index contributed by atoms with van der Waals surface area (Å²) < 4.78 is 0. The van der Waals surface area contributed by atoms with Crippen molar-refractivity contribution < 1.29 is 5.11 Å². The highest BCUT2D eigenvalue weighted by atomic mass is 16.3. The van der Waals surface area contributed by atoms with E-state index in [1.165, 1.54) is 6.08 Å². The molecule has 0 amide bonds. The number of hydrogen-bond donors (Lipinski definition) is 4. The van der Waals surface area contributed by atoms with Crippen molar-refractivity contribution in [1.29, 1.82) is 0 Å². The molecule has 0 aromatic heterocycles. The Morgan fingerprint density at radius 3 is 2.37 bits per heavy atom. The average Bonchev–Trinajstić information content (AvgIpc) is 2.46. The van der Waals surface area contributed by atoms with Crippen molar-refractivity contribution in [2.45, 2.75) is 0 Å². The van der Waals surface area contributed by atoms with E-state index in [1.54, 1.807) is 0 Å². The minimum atomic E-state index is -0.229. The van der Waals surface area contributed by atoms with Gasteiger partial charge in [0.25, 0.3) is 0 Å². The topological polar surface area (TPSA) is 87.5 Å². The summed E-state index contributed by atoms with van der Waals surface area (Å²) in [7, 11) is 0. The zero-order valence-corrected chi connectivity index (χ0v) is 10.8. The second kappa shape index (κ2) is 6.15. The van der Waals surface area contributed by atoms with E-state index in [9.17, 15) is 5.11 Å². The highest BCUT2D eigenvalue weighted by molar-refractivity contribution is 5.67. The third-order valence-corrected chi connectivity index (χ3v) is 3.10. The maximum Gasteiger partial charge on any atom is 0.183 e. The van der Waals surface area contributed by atoms with Gasteiger partial charge >= 0.3 is 0 Å². The van der Waals surface area contributed by atoms with E-state index in [4.69, 9.17) is 11.5 Å². The molecule has 0 bridgehead atoms. The van der Waals surface area contributed by atoms with E-state index < -0.39 is 0 Å². The van der Waals surface area contributed by atoms with E-state index >= 15 is 0 Å². The van der Waals surface area contributed by atoms with Gasteiger partial charge in [0.1, 0.15) is 0 Å². The molecule has 0 radical (unpaired) electrons. The van der Waals surface area contributed by atoms with Crippen LogP contribution >= 0.6 is 0 Å². The lowest BCUT2D eigenvalue weighted by Gasteiger charge is -2.31. The van der Waals surface area contributed by atoms with Gasteiger partial charge in [-0.2, -0.15) is 0 Å². The third-order valence-electron chi connectivity index (χ3n) is 3.10. The van der Waals surface area contributed by atoms with Crippen molar-refractivity contribution in [2.75, 3.05) is 26.2 Å². The SMILES string of the molecule is N/C(O)=C\C(=C(/N)c1ccccc1)N1CCNCC1. The van der Waals surface area contributed by atoms with E-state index in [1.807, 2.05) is 30.3 Å². The fourth-order valence-electron chi connectivity index (χ4n) is 2.15. The summed E-state index contributed by atoms with van der Waals surface area (Å²) >= 11 is 0. The second-order valence-electron chi connectivity index (χ2n) is 4.47. The summed E-state index contributed by atoms with van der Waals surface area (Å²) in [5.74, 6) is -0.229. The number of aliphatic hydroxyl groups is 1. The summed E-state index contributed by atoms with van der Waals surface area (Å²) in [6.45, 7) is 3.47. The molecule has 5 nitrogen and oxygen atoms in total. The fourth-order valence-corrected chi connectivity index (χ4v) is 2.15. The average molecular weight is 260 g/mol. The molecule has 1 aliphatic rings. The number of piperazine rings is 1. The molecule has 19 heavy (non-hydrogen) atoms. The molecule has 2 rings (SSSR count). The molecule has 1 fully saturated rings.